The summed E-state index contributed by atoms with van der Waals surface area (Å²) in [6, 6.07) is 8.52. The van der Waals surface area contributed by atoms with Crippen LogP contribution in [-0.4, -0.2) is 6.54 Å². The molecule has 1 N–H and O–H groups in total. The van der Waals surface area contributed by atoms with Crippen LogP contribution in [0.25, 0.3) is 11.1 Å². The van der Waals surface area contributed by atoms with Crippen molar-refractivity contribution < 1.29 is 8.81 Å². The Balaban J connectivity index is 2.33. The van der Waals surface area contributed by atoms with Gasteiger partial charge in [0.1, 0.15) is 11.6 Å². The molecule has 0 amide bonds. The molecule has 0 aliphatic carbocycles. The summed E-state index contributed by atoms with van der Waals surface area (Å²) >= 11 is 0. The Bertz CT molecular complexity index is 464. The van der Waals surface area contributed by atoms with Crippen molar-refractivity contribution in [3.63, 3.8) is 0 Å². The lowest BCUT2D eigenvalue weighted by molar-refractivity contribution is 0.488. The molecule has 0 fully saturated rings. The van der Waals surface area contributed by atoms with E-state index in [1.54, 1.807) is 24.5 Å². The normalized spacial score (nSPS) is 10.6. The average molecular weight is 219 g/mol. The van der Waals surface area contributed by atoms with E-state index in [1.165, 1.54) is 6.07 Å². The Hall–Kier alpha value is -1.61. The van der Waals surface area contributed by atoms with E-state index in [9.17, 15) is 4.39 Å². The van der Waals surface area contributed by atoms with Gasteiger partial charge in [0.15, 0.2) is 0 Å². The Morgan fingerprint density at radius 1 is 1.19 bits per heavy atom. The first-order valence-corrected chi connectivity index (χ1v) is 5.35. The Kier molecular flexibility index (Phi) is 3.37. The van der Waals surface area contributed by atoms with E-state index >= 15 is 0 Å². The lowest BCUT2D eigenvalue weighted by atomic mass is 10.1. The molecule has 0 aliphatic heterocycles. The van der Waals surface area contributed by atoms with E-state index in [0.29, 0.717) is 12.1 Å². The highest BCUT2D eigenvalue weighted by Crippen LogP contribution is 2.27. The van der Waals surface area contributed by atoms with E-state index in [0.717, 1.165) is 17.9 Å². The number of halogens is 1. The predicted octanol–water partition coefficient (Wildman–Crippen LogP) is 3.20. The van der Waals surface area contributed by atoms with Crippen molar-refractivity contribution >= 4 is 0 Å². The van der Waals surface area contributed by atoms with Gasteiger partial charge in [-0.1, -0.05) is 25.1 Å². The highest BCUT2D eigenvalue weighted by molar-refractivity contribution is 5.65. The van der Waals surface area contributed by atoms with Gasteiger partial charge in [-0.05, 0) is 18.7 Å². The number of nitrogens with one attached hydrogen (secondary N) is 1. The maximum absolute atomic E-state index is 13.6. The molecule has 0 bridgehead atoms. The van der Waals surface area contributed by atoms with Crippen LogP contribution in [0, 0.1) is 5.82 Å². The largest absolute Gasteiger partial charge is 0.467 e. The molecule has 0 spiro atoms. The number of benzene rings is 1. The van der Waals surface area contributed by atoms with Crippen LogP contribution in [0.15, 0.2) is 41.0 Å². The molecule has 84 valence electrons. The zero-order valence-electron chi connectivity index (χ0n) is 9.16. The number of furan rings is 1. The Morgan fingerprint density at radius 3 is 2.75 bits per heavy atom. The first kappa shape index (κ1) is 10.9. The molecule has 16 heavy (non-hydrogen) atoms. The van der Waals surface area contributed by atoms with Gasteiger partial charge in [-0.3, -0.25) is 0 Å². The van der Waals surface area contributed by atoms with E-state index < -0.39 is 0 Å². The molecule has 1 aromatic carbocycles. The van der Waals surface area contributed by atoms with Gasteiger partial charge in [-0.2, -0.15) is 0 Å². The monoisotopic (exact) mass is 219 g/mol. The third kappa shape index (κ3) is 2.14. The van der Waals surface area contributed by atoms with E-state index in [1.807, 2.05) is 13.0 Å². The van der Waals surface area contributed by atoms with Gasteiger partial charge in [0.25, 0.3) is 0 Å². The van der Waals surface area contributed by atoms with Crippen molar-refractivity contribution in [3.8, 4) is 11.1 Å². The zero-order chi connectivity index (χ0) is 11.4. The minimum Gasteiger partial charge on any atom is -0.467 e. The van der Waals surface area contributed by atoms with Crippen molar-refractivity contribution in [1.82, 2.24) is 5.32 Å². The molecule has 0 saturated carbocycles. The van der Waals surface area contributed by atoms with Crippen molar-refractivity contribution in [1.29, 1.82) is 0 Å². The second-order valence-electron chi connectivity index (χ2n) is 3.52. The van der Waals surface area contributed by atoms with Crippen molar-refractivity contribution in [2.75, 3.05) is 6.54 Å². The minimum atomic E-state index is -0.221. The van der Waals surface area contributed by atoms with E-state index in [-0.39, 0.29) is 5.82 Å². The molecular weight excluding hydrogens is 205 g/mol. The summed E-state index contributed by atoms with van der Waals surface area (Å²) in [5.74, 6) is 0.550. The molecule has 1 heterocycles. The molecule has 2 aromatic rings. The lowest BCUT2D eigenvalue weighted by Crippen LogP contribution is -2.11. The molecule has 3 heteroatoms. The highest BCUT2D eigenvalue weighted by Gasteiger charge is 2.11. The summed E-state index contributed by atoms with van der Waals surface area (Å²) in [6.07, 6.45) is 1.59. The number of hydrogen-bond acceptors (Lipinski definition) is 2. The van der Waals surface area contributed by atoms with Crippen LogP contribution in [0.2, 0.25) is 0 Å². The highest BCUT2D eigenvalue weighted by atomic mass is 19.1. The quantitative estimate of drug-likeness (QED) is 0.854. The van der Waals surface area contributed by atoms with Crippen LogP contribution < -0.4 is 5.32 Å². The Labute approximate surface area is 94.1 Å². The predicted molar refractivity (Wildman–Crippen MR) is 61.5 cm³/mol. The first-order chi connectivity index (χ1) is 7.83. The van der Waals surface area contributed by atoms with Gasteiger partial charge in [0, 0.05) is 11.1 Å². The van der Waals surface area contributed by atoms with Gasteiger partial charge in [0.2, 0.25) is 0 Å². The van der Waals surface area contributed by atoms with Gasteiger partial charge in [-0.25, -0.2) is 4.39 Å². The van der Waals surface area contributed by atoms with Crippen LogP contribution in [0.1, 0.15) is 12.7 Å². The topological polar surface area (TPSA) is 25.2 Å². The minimum absolute atomic E-state index is 0.221. The smallest absolute Gasteiger partial charge is 0.131 e. The number of rotatable bonds is 4. The fourth-order valence-electron chi connectivity index (χ4n) is 1.64. The van der Waals surface area contributed by atoms with Crippen molar-refractivity contribution in [2.45, 2.75) is 13.5 Å². The molecular formula is C13H14FNO. The second kappa shape index (κ2) is 4.94. The first-order valence-electron chi connectivity index (χ1n) is 5.35. The van der Waals surface area contributed by atoms with E-state index in [2.05, 4.69) is 5.32 Å². The molecule has 2 nitrogen and oxygen atoms in total. The second-order valence-corrected chi connectivity index (χ2v) is 3.52. The van der Waals surface area contributed by atoms with Gasteiger partial charge in [-0.15, -0.1) is 0 Å². The molecule has 0 atom stereocenters. The van der Waals surface area contributed by atoms with Crippen LogP contribution in [0.3, 0.4) is 0 Å². The summed E-state index contributed by atoms with van der Waals surface area (Å²) in [7, 11) is 0. The zero-order valence-corrected chi connectivity index (χ0v) is 9.16. The SMILES string of the molecule is CCNCc1occc1-c1ccccc1F. The summed E-state index contributed by atoms with van der Waals surface area (Å²) < 4.78 is 18.9. The number of hydrogen-bond donors (Lipinski definition) is 1. The summed E-state index contributed by atoms with van der Waals surface area (Å²) in [5.41, 5.74) is 1.41. The van der Waals surface area contributed by atoms with Crippen molar-refractivity contribution in [3.05, 3.63) is 48.2 Å². The Morgan fingerprint density at radius 2 is 2.00 bits per heavy atom. The summed E-state index contributed by atoms with van der Waals surface area (Å²) in [5, 5.41) is 3.16. The summed E-state index contributed by atoms with van der Waals surface area (Å²) in [4.78, 5) is 0. The maximum atomic E-state index is 13.6. The van der Waals surface area contributed by atoms with Crippen molar-refractivity contribution in [2.24, 2.45) is 0 Å². The third-order valence-electron chi connectivity index (χ3n) is 2.45. The average Bonchev–Trinajstić information content (AvgIpc) is 2.75. The third-order valence-corrected chi connectivity index (χ3v) is 2.45. The van der Waals surface area contributed by atoms with Crippen LogP contribution in [0.5, 0.6) is 0 Å². The lowest BCUT2D eigenvalue weighted by Gasteiger charge is -2.04. The fourth-order valence-corrected chi connectivity index (χ4v) is 1.64. The van der Waals surface area contributed by atoms with Gasteiger partial charge >= 0.3 is 0 Å². The summed E-state index contributed by atoms with van der Waals surface area (Å²) in [6.45, 7) is 3.50. The van der Waals surface area contributed by atoms with Gasteiger partial charge in [0.05, 0.1) is 12.8 Å². The maximum Gasteiger partial charge on any atom is 0.131 e. The van der Waals surface area contributed by atoms with Gasteiger partial charge < -0.3 is 9.73 Å². The van der Waals surface area contributed by atoms with E-state index in [4.69, 9.17) is 4.42 Å². The standard InChI is InChI=1S/C13H14FNO/c1-2-15-9-13-11(7-8-16-13)10-5-3-4-6-12(10)14/h3-8,15H,2,9H2,1H3. The molecule has 0 unspecified atom stereocenters. The molecule has 0 aliphatic rings. The van der Waals surface area contributed by atoms with Crippen LogP contribution >= 0.6 is 0 Å². The molecule has 0 radical (unpaired) electrons. The van der Waals surface area contributed by atoms with Crippen LogP contribution in [-0.2, 0) is 6.54 Å². The fraction of sp³-hybridized carbons (Fsp3) is 0.231. The van der Waals surface area contributed by atoms with Crippen LogP contribution in [0.4, 0.5) is 4.39 Å². The molecule has 0 saturated heterocycles. The molecule has 2 rings (SSSR count). The molecule has 1 aromatic heterocycles.